The first-order valence-corrected chi connectivity index (χ1v) is 18.1. The zero-order valence-electron chi connectivity index (χ0n) is 31.0. The first-order valence-electron chi connectivity index (χ1n) is 17.7. The molecule has 0 aliphatic heterocycles. The number of nitrogens with one attached hydrogen (secondary N) is 1. The molecule has 0 saturated heterocycles. The lowest BCUT2D eigenvalue weighted by Gasteiger charge is -2.35. The Morgan fingerprint density at radius 3 is 2.19 bits per heavy atom. The van der Waals surface area contributed by atoms with Gasteiger partial charge < -0.3 is 25.4 Å². The minimum Gasteiger partial charge on any atom is -0.424 e. The maximum Gasteiger partial charge on any atom is 0.410 e. The number of esters is 1. The Bertz CT molecular complexity index is 1890. The van der Waals surface area contributed by atoms with Gasteiger partial charge in [-0.25, -0.2) is 9.78 Å². The number of hydrogen-bond donors (Lipinski definition) is 2. The number of fused-ring (bicyclic) bond motifs is 1. The van der Waals surface area contributed by atoms with E-state index in [1.165, 1.54) is 0 Å². The molecule has 0 aliphatic carbocycles. The molecule has 3 aromatic carbocycles. The number of benzene rings is 3. The highest BCUT2D eigenvalue weighted by Gasteiger charge is 2.33. The summed E-state index contributed by atoms with van der Waals surface area (Å²) in [4.78, 5) is 60.6. The maximum atomic E-state index is 14.4. The predicted octanol–water partition coefficient (Wildman–Crippen LogP) is 6.87. The second kappa shape index (κ2) is 18.1. The molecule has 0 saturated carbocycles. The Hall–Kier alpha value is -4.74. The smallest absolute Gasteiger partial charge is 0.410 e. The summed E-state index contributed by atoms with van der Waals surface area (Å²) < 4.78 is 12.5. The van der Waals surface area contributed by atoms with Crippen LogP contribution in [0.15, 0.2) is 77.6 Å². The third-order valence-electron chi connectivity index (χ3n) is 8.76. The minimum atomic E-state index is -1.13. The van der Waals surface area contributed by atoms with Crippen molar-refractivity contribution in [1.82, 2.24) is 19.8 Å². The van der Waals surface area contributed by atoms with Gasteiger partial charge in [0.25, 0.3) is 17.8 Å². The van der Waals surface area contributed by atoms with Crippen molar-refractivity contribution in [3.63, 3.8) is 0 Å². The van der Waals surface area contributed by atoms with E-state index in [4.69, 9.17) is 31.8 Å². The largest absolute Gasteiger partial charge is 0.424 e. The van der Waals surface area contributed by atoms with E-state index in [0.29, 0.717) is 33.7 Å². The predicted molar refractivity (Wildman–Crippen MR) is 203 cm³/mol. The molecular weight excluding hydrogens is 682 g/mol. The molecule has 0 bridgehead atoms. The molecule has 52 heavy (non-hydrogen) atoms. The first kappa shape index (κ1) is 40.0. The Morgan fingerprint density at radius 2 is 1.58 bits per heavy atom. The summed E-state index contributed by atoms with van der Waals surface area (Å²) in [6.07, 6.45) is -1.56. The van der Waals surface area contributed by atoms with Crippen molar-refractivity contribution in [1.29, 1.82) is 0 Å². The fourth-order valence-corrected chi connectivity index (χ4v) is 5.90. The van der Waals surface area contributed by atoms with Crippen LogP contribution in [0.3, 0.4) is 0 Å². The molecule has 4 rings (SSSR count). The molecule has 11 nitrogen and oxygen atoms in total. The highest BCUT2D eigenvalue weighted by atomic mass is 35.5. The number of carbonyl (C=O) groups excluding carboxylic acids is 3. The lowest BCUT2D eigenvalue weighted by atomic mass is 9.98. The molecule has 12 heteroatoms. The Kier molecular flexibility index (Phi) is 14.0. The number of aromatic nitrogens is 2. The first-order chi connectivity index (χ1) is 24.7. The zero-order chi connectivity index (χ0) is 38.1. The topological polar surface area (TPSA) is 146 Å². The molecule has 3 atom stereocenters. The van der Waals surface area contributed by atoms with Crippen molar-refractivity contribution in [3.8, 4) is 0 Å². The van der Waals surface area contributed by atoms with E-state index in [9.17, 15) is 19.2 Å². The Morgan fingerprint density at radius 1 is 0.904 bits per heavy atom. The molecule has 0 spiro atoms. The fourth-order valence-electron chi connectivity index (χ4n) is 5.73. The third kappa shape index (κ3) is 10.2. The van der Waals surface area contributed by atoms with Crippen molar-refractivity contribution >= 4 is 40.5 Å². The van der Waals surface area contributed by atoms with Gasteiger partial charge in [-0.1, -0.05) is 101 Å². The Balaban J connectivity index is 1.66. The highest BCUT2D eigenvalue weighted by Crippen LogP contribution is 2.31. The van der Waals surface area contributed by atoms with Crippen molar-refractivity contribution < 1.29 is 23.9 Å². The quantitative estimate of drug-likeness (QED) is 0.0766. The van der Waals surface area contributed by atoms with Gasteiger partial charge in [0, 0.05) is 29.6 Å². The molecule has 3 N–H and O–H groups in total. The second-order valence-corrected chi connectivity index (χ2v) is 14.5. The molecule has 2 amide bonds. The van der Waals surface area contributed by atoms with E-state index < -0.39 is 30.4 Å². The van der Waals surface area contributed by atoms with Crippen LogP contribution >= 0.6 is 11.6 Å². The number of nitrogens with two attached hydrogens (primary N) is 1. The average Bonchev–Trinajstić information content (AvgIpc) is 3.10. The zero-order valence-corrected chi connectivity index (χ0v) is 31.7. The van der Waals surface area contributed by atoms with Crippen LogP contribution in [0.1, 0.15) is 81.3 Å². The fraction of sp³-hybridized carbons (Fsp3) is 0.425. The van der Waals surface area contributed by atoms with Crippen LogP contribution in [0.4, 0.5) is 4.79 Å². The SMILES string of the molecule is Cc1ccc(C(=O)N(CCCNC(=O)OC(OC(=O)[C@@H](N)C(C)C)C(C)C)[C@@H](c2nc3cc(Cl)ccc3c(=O)n2Cc2ccccc2)C(C)C)cc1. The van der Waals surface area contributed by atoms with Crippen LogP contribution in [-0.2, 0) is 20.8 Å². The number of ether oxygens (including phenoxy) is 2. The van der Waals surface area contributed by atoms with Crippen molar-refractivity contribution in [2.75, 3.05) is 13.1 Å². The van der Waals surface area contributed by atoms with Gasteiger partial charge in [-0.2, -0.15) is 0 Å². The van der Waals surface area contributed by atoms with Gasteiger partial charge in [0.2, 0.25) is 0 Å². The number of amides is 2. The summed E-state index contributed by atoms with van der Waals surface area (Å²) in [5.74, 6) is -1.13. The molecule has 0 radical (unpaired) electrons. The lowest BCUT2D eigenvalue weighted by molar-refractivity contribution is -0.177. The molecule has 1 unspecified atom stereocenters. The highest BCUT2D eigenvalue weighted by molar-refractivity contribution is 6.31. The number of aryl methyl sites for hydroxylation is 1. The monoisotopic (exact) mass is 731 g/mol. The number of hydrogen-bond acceptors (Lipinski definition) is 8. The minimum absolute atomic E-state index is 0.142. The number of nitrogens with zero attached hydrogens (tertiary/aromatic N) is 3. The van der Waals surface area contributed by atoms with Gasteiger partial charge in [0.1, 0.15) is 11.9 Å². The number of alkyl carbamates (subject to hydrolysis) is 1. The van der Waals surface area contributed by atoms with Crippen molar-refractivity contribution in [2.24, 2.45) is 23.5 Å². The van der Waals surface area contributed by atoms with Gasteiger partial charge in [0.15, 0.2) is 0 Å². The van der Waals surface area contributed by atoms with E-state index >= 15 is 0 Å². The van der Waals surface area contributed by atoms with Crippen LogP contribution < -0.4 is 16.6 Å². The van der Waals surface area contributed by atoms with Gasteiger partial charge in [-0.05, 0) is 61.1 Å². The number of carbonyl (C=O) groups is 3. The molecule has 0 fully saturated rings. The number of rotatable bonds is 15. The summed E-state index contributed by atoms with van der Waals surface area (Å²) in [6, 6.07) is 20.4. The normalized spacial score (nSPS) is 13.2. The molecule has 1 aromatic heterocycles. The Labute approximate surface area is 310 Å². The van der Waals surface area contributed by atoms with E-state index in [2.05, 4.69) is 5.32 Å². The standard InChI is InChI=1S/C40H50ClN5O6/c1-24(2)33(42)38(49)51-39(26(5)6)52-40(50)43-20-11-21-45(36(47)29-16-14-27(7)15-17-29)34(25(3)4)35-44-32-22-30(41)18-19-31(32)37(48)46(35)23-28-12-9-8-10-13-28/h8-10,12-19,22,24-26,33-34,39H,11,20-21,23,42H2,1-7H3,(H,43,50)/t33-,34+,39?/m0/s1. The van der Waals surface area contributed by atoms with E-state index in [0.717, 1.165) is 11.1 Å². The molecule has 1 heterocycles. The average molecular weight is 732 g/mol. The van der Waals surface area contributed by atoms with E-state index in [1.807, 2.05) is 63.2 Å². The van der Waals surface area contributed by atoms with Crippen molar-refractivity contribution in [3.05, 3.63) is 111 Å². The molecular formula is C40H50ClN5O6. The van der Waals surface area contributed by atoms with Gasteiger partial charge in [-0.15, -0.1) is 0 Å². The summed E-state index contributed by atoms with van der Waals surface area (Å²) in [7, 11) is 0. The summed E-state index contributed by atoms with van der Waals surface area (Å²) in [5, 5.41) is 3.58. The van der Waals surface area contributed by atoms with Crippen LogP contribution in [0.5, 0.6) is 0 Å². The van der Waals surface area contributed by atoms with Crippen LogP contribution in [0.2, 0.25) is 5.02 Å². The van der Waals surface area contributed by atoms with Crippen LogP contribution in [-0.4, -0.2) is 57.8 Å². The van der Waals surface area contributed by atoms with Crippen LogP contribution in [0, 0.1) is 24.7 Å². The third-order valence-corrected chi connectivity index (χ3v) is 8.99. The van der Waals surface area contributed by atoms with E-state index in [-0.39, 0.29) is 48.9 Å². The second-order valence-electron chi connectivity index (χ2n) is 14.1. The van der Waals surface area contributed by atoms with Crippen molar-refractivity contribution in [2.45, 2.75) is 79.8 Å². The molecule has 4 aromatic rings. The molecule has 278 valence electrons. The van der Waals surface area contributed by atoms with E-state index in [1.54, 1.807) is 67.5 Å². The maximum absolute atomic E-state index is 14.4. The summed E-state index contributed by atoms with van der Waals surface area (Å²) >= 11 is 6.36. The van der Waals surface area contributed by atoms with Crippen LogP contribution in [0.25, 0.3) is 10.9 Å². The lowest BCUT2D eigenvalue weighted by Crippen LogP contribution is -2.43. The summed E-state index contributed by atoms with van der Waals surface area (Å²) in [5.41, 5.74) is 8.50. The van der Waals surface area contributed by atoms with Gasteiger partial charge in [-0.3, -0.25) is 19.0 Å². The summed E-state index contributed by atoms with van der Waals surface area (Å²) in [6.45, 7) is 13.6. The number of halogens is 1. The van der Waals surface area contributed by atoms with Gasteiger partial charge >= 0.3 is 12.1 Å². The molecule has 0 aliphatic rings. The van der Waals surface area contributed by atoms with Gasteiger partial charge in [0.05, 0.1) is 23.5 Å².